The fraction of sp³-hybridized carbons (Fsp3) is 0.667. The maximum atomic E-state index is 4.95. The number of hydrogen-bond donors (Lipinski definition) is 0. The highest BCUT2D eigenvalue weighted by atomic mass is 16.5. The van der Waals surface area contributed by atoms with Crippen molar-refractivity contribution < 1.29 is 9.47 Å². The van der Waals surface area contributed by atoms with Gasteiger partial charge >= 0.3 is 0 Å². The highest BCUT2D eigenvalue weighted by Gasteiger charge is 2.25. The predicted octanol–water partition coefficient (Wildman–Crippen LogP) is -0.159. The Morgan fingerprint density at radius 2 is 1.50 bits per heavy atom. The maximum Gasteiger partial charge on any atom is 0.169 e. The zero-order valence-corrected chi connectivity index (χ0v) is 5.43. The van der Waals surface area contributed by atoms with Crippen LogP contribution in [0.5, 0.6) is 0 Å². The predicted molar refractivity (Wildman–Crippen MR) is 36.5 cm³/mol. The van der Waals surface area contributed by atoms with E-state index >= 15 is 0 Å². The molecule has 0 aromatic carbocycles. The first-order valence-corrected chi connectivity index (χ1v) is 3.23. The smallest absolute Gasteiger partial charge is 0.169 e. The molecular formula is C6H8N2O2. The summed E-state index contributed by atoms with van der Waals surface area (Å²) in [6, 6.07) is 0.359. The molecule has 0 aliphatic carbocycles. The first-order valence-electron chi connectivity index (χ1n) is 3.23. The molecule has 0 bridgehead atoms. The Morgan fingerprint density at radius 3 is 1.80 bits per heavy atom. The van der Waals surface area contributed by atoms with E-state index in [9.17, 15) is 0 Å². The van der Waals surface area contributed by atoms with Crippen LogP contribution in [0.4, 0.5) is 0 Å². The quantitative estimate of drug-likeness (QED) is 0.508. The van der Waals surface area contributed by atoms with Gasteiger partial charge in [0.2, 0.25) is 0 Å². The highest BCUT2D eigenvalue weighted by Crippen LogP contribution is 2.11. The monoisotopic (exact) mass is 140 g/mol. The topological polar surface area (TPSA) is 43.2 Å². The molecular weight excluding hydrogens is 132 g/mol. The summed E-state index contributed by atoms with van der Waals surface area (Å²) in [7, 11) is 0. The minimum atomic E-state index is 0.179. The van der Waals surface area contributed by atoms with Crippen LogP contribution in [-0.4, -0.2) is 38.1 Å². The van der Waals surface area contributed by atoms with Crippen molar-refractivity contribution >= 4 is 12.8 Å². The van der Waals surface area contributed by atoms with Gasteiger partial charge in [-0.2, -0.15) is 0 Å². The van der Waals surface area contributed by atoms with E-state index < -0.39 is 0 Å². The fourth-order valence-electron chi connectivity index (χ4n) is 1.03. The van der Waals surface area contributed by atoms with E-state index in [2.05, 4.69) is 9.98 Å². The molecule has 0 radical (unpaired) electrons. The molecule has 2 atom stereocenters. The largest absolute Gasteiger partial charge is 0.481 e. The Labute approximate surface area is 58.6 Å². The summed E-state index contributed by atoms with van der Waals surface area (Å²) < 4.78 is 9.90. The van der Waals surface area contributed by atoms with Gasteiger partial charge in [-0.25, -0.2) is 9.98 Å². The van der Waals surface area contributed by atoms with Crippen LogP contribution in [0.3, 0.4) is 0 Å². The second-order valence-electron chi connectivity index (χ2n) is 2.31. The summed E-state index contributed by atoms with van der Waals surface area (Å²) in [5, 5.41) is 0. The molecule has 0 aromatic heterocycles. The minimum absolute atomic E-state index is 0.179. The van der Waals surface area contributed by atoms with Gasteiger partial charge in [0, 0.05) is 0 Å². The number of nitrogens with zero attached hydrogens (tertiary/aromatic N) is 2. The second-order valence-corrected chi connectivity index (χ2v) is 2.31. The first kappa shape index (κ1) is 5.70. The number of rotatable bonds is 1. The third kappa shape index (κ3) is 0.853. The Hall–Kier alpha value is -1.06. The maximum absolute atomic E-state index is 4.95. The number of ether oxygens (including phenoxy) is 2. The fourth-order valence-corrected chi connectivity index (χ4v) is 1.03. The van der Waals surface area contributed by atoms with Gasteiger partial charge in [-0.3, -0.25) is 0 Å². The molecule has 0 saturated carbocycles. The summed E-state index contributed by atoms with van der Waals surface area (Å²) in [6.45, 7) is 1.29. The molecule has 10 heavy (non-hydrogen) atoms. The number of aliphatic imine (C=N–C) groups is 2. The normalized spacial score (nSPS) is 36.0. The van der Waals surface area contributed by atoms with Crippen LogP contribution >= 0.6 is 0 Å². The lowest BCUT2D eigenvalue weighted by atomic mass is 10.2. The van der Waals surface area contributed by atoms with Gasteiger partial charge in [-0.15, -0.1) is 0 Å². The lowest BCUT2D eigenvalue weighted by molar-refractivity contribution is 0.270. The number of hydrogen-bond acceptors (Lipinski definition) is 4. The van der Waals surface area contributed by atoms with E-state index in [1.54, 1.807) is 0 Å². The molecule has 2 unspecified atom stereocenters. The van der Waals surface area contributed by atoms with Gasteiger partial charge in [0.1, 0.15) is 25.3 Å². The Balaban J connectivity index is 1.98. The van der Waals surface area contributed by atoms with Crippen LogP contribution in [0.1, 0.15) is 0 Å². The van der Waals surface area contributed by atoms with Crippen molar-refractivity contribution in [3.8, 4) is 0 Å². The molecule has 2 rings (SSSR count). The van der Waals surface area contributed by atoms with E-state index in [1.165, 1.54) is 12.8 Å². The average Bonchev–Trinajstić information content (AvgIpc) is 2.59. The molecule has 0 fully saturated rings. The summed E-state index contributed by atoms with van der Waals surface area (Å²) >= 11 is 0. The summed E-state index contributed by atoms with van der Waals surface area (Å²) in [5.74, 6) is 0. The Bertz CT molecular complexity index is 159. The van der Waals surface area contributed by atoms with Crippen LogP contribution in [0.2, 0.25) is 0 Å². The van der Waals surface area contributed by atoms with Crippen LogP contribution in [0.15, 0.2) is 9.98 Å². The third-order valence-corrected chi connectivity index (χ3v) is 1.63. The summed E-state index contributed by atoms with van der Waals surface area (Å²) in [4.78, 5) is 8.15. The van der Waals surface area contributed by atoms with E-state index in [0.29, 0.717) is 13.2 Å². The molecule has 0 aromatic rings. The van der Waals surface area contributed by atoms with E-state index in [1.807, 2.05) is 0 Å². The van der Waals surface area contributed by atoms with E-state index in [0.717, 1.165) is 0 Å². The van der Waals surface area contributed by atoms with E-state index in [-0.39, 0.29) is 12.1 Å². The van der Waals surface area contributed by atoms with Crippen LogP contribution in [0, 0.1) is 0 Å². The van der Waals surface area contributed by atoms with Crippen molar-refractivity contribution in [2.45, 2.75) is 12.1 Å². The molecule has 2 aliphatic rings. The average molecular weight is 140 g/mol. The van der Waals surface area contributed by atoms with Crippen molar-refractivity contribution in [1.29, 1.82) is 0 Å². The zero-order valence-electron chi connectivity index (χ0n) is 5.43. The van der Waals surface area contributed by atoms with Crippen LogP contribution < -0.4 is 0 Å². The molecule has 0 amide bonds. The van der Waals surface area contributed by atoms with E-state index in [4.69, 9.17) is 9.47 Å². The molecule has 2 aliphatic heterocycles. The molecule has 0 spiro atoms. The first-order chi connectivity index (χ1) is 4.97. The second kappa shape index (κ2) is 2.28. The standard InChI is InChI=1S/C6H8N2O2/c1-5(7-3-9-1)6-2-10-4-8-6/h3-6H,1-2H2. The third-order valence-electron chi connectivity index (χ3n) is 1.63. The van der Waals surface area contributed by atoms with Gasteiger partial charge in [0.15, 0.2) is 12.8 Å². The molecule has 0 saturated heterocycles. The van der Waals surface area contributed by atoms with Gasteiger partial charge in [0.05, 0.1) is 0 Å². The van der Waals surface area contributed by atoms with Crippen molar-refractivity contribution in [2.75, 3.05) is 13.2 Å². The van der Waals surface area contributed by atoms with Crippen LogP contribution in [0.25, 0.3) is 0 Å². The molecule has 4 nitrogen and oxygen atoms in total. The zero-order chi connectivity index (χ0) is 6.81. The highest BCUT2D eigenvalue weighted by molar-refractivity contribution is 5.52. The SMILES string of the molecule is C1=NC(C2COC=N2)CO1. The lowest BCUT2D eigenvalue weighted by Crippen LogP contribution is -2.25. The van der Waals surface area contributed by atoms with Gasteiger partial charge in [0.25, 0.3) is 0 Å². The summed E-state index contributed by atoms with van der Waals surface area (Å²) in [5.41, 5.74) is 0. The van der Waals surface area contributed by atoms with Crippen molar-refractivity contribution in [3.63, 3.8) is 0 Å². The Kier molecular flexibility index (Phi) is 1.30. The molecule has 0 N–H and O–H groups in total. The van der Waals surface area contributed by atoms with Crippen LogP contribution in [-0.2, 0) is 9.47 Å². The van der Waals surface area contributed by atoms with Gasteiger partial charge < -0.3 is 9.47 Å². The van der Waals surface area contributed by atoms with Gasteiger partial charge in [-0.05, 0) is 0 Å². The molecule has 4 heteroatoms. The van der Waals surface area contributed by atoms with Crippen molar-refractivity contribution in [2.24, 2.45) is 9.98 Å². The lowest BCUT2D eigenvalue weighted by Gasteiger charge is -2.07. The summed E-state index contributed by atoms with van der Waals surface area (Å²) in [6.07, 6.45) is 2.97. The molecule has 2 heterocycles. The van der Waals surface area contributed by atoms with Gasteiger partial charge in [-0.1, -0.05) is 0 Å². The van der Waals surface area contributed by atoms with Crippen molar-refractivity contribution in [3.05, 3.63) is 0 Å². The van der Waals surface area contributed by atoms with Crippen molar-refractivity contribution in [1.82, 2.24) is 0 Å². The Morgan fingerprint density at radius 1 is 1.00 bits per heavy atom. The molecule has 54 valence electrons. The minimum Gasteiger partial charge on any atom is -0.481 e.